The first kappa shape index (κ1) is 9.08. The maximum atomic E-state index is 5.05. The van der Waals surface area contributed by atoms with E-state index in [4.69, 9.17) is 17.0 Å². The van der Waals surface area contributed by atoms with Gasteiger partial charge in [-0.05, 0) is 29.9 Å². The zero-order chi connectivity index (χ0) is 9.97. The molecule has 0 aliphatic carbocycles. The predicted molar refractivity (Wildman–Crippen MR) is 56.3 cm³/mol. The summed E-state index contributed by atoms with van der Waals surface area (Å²) in [5.41, 5.74) is 1.02. The fourth-order valence-corrected chi connectivity index (χ4v) is 1.38. The summed E-state index contributed by atoms with van der Waals surface area (Å²) in [6, 6.07) is 7.63. The Labute approximate surface area is 87.0 Å². The first-order valence-corrected chi connectivity index (χ1v) is 4.56. The van der Waals surface area contributed by atoms with Gasteiger partial charge in [-0.1, -0.05) is 12.1 Å². The number of thiocarbonyl (C=S) groups is 1. The molecule has 1 aromatic carbocycles. The molecule has 0 fully saturated rings. The number of hydrogen-bond donors (Lipinski definition) is 1. The van der Waals surface area contributed by atoms with E-state index in [0.29, 0.717) is 5.11 Å². The van der Waals surface area contributed by atoms with E-state index in [0.717, 1.165) is 11.3 Å². The van der Waals surface area contributed by atoms with Gasteiger partial charge >= 0.3 is 0 Å². The van der Waals surface area contributed by atoms with Gasteiger partial charge in [-0.25, -0.2) is 0 Å². The van der Waals surface area contributed by atoms with E-state index in [1.165, 1.54) is 0 Å². The highest BCUT2D eigenvalue weighted by Gasteiger charge is 2.16. The molecule has 1 N–H and O–H groups in total. The molecule has 1 atom stereocenters. The summed E-state index contributed by atoms with van der Waals surface area (Å²) in [4.78, 5) is 0. The molecule has 72 valence electrons. The van der Waals surface area contributed by atoms with E-state index < -0.39 is 0 Å². The number of azo groups is 1. The number of methoxy groups -OCH3 is 1. The normalized spacial score (nSPS) is 19.5. The van der Waals surface area contributed by atoms with Crippen LogP contribution in [0.15, 0.2) is 34.5 Å². The zero-order valence-corrected chi connectivity index (χ0v) is 8.41. The standard InChI is InChI=1S/C9H9N3OS/c1-13-7-4-2-6(3-5-7)8-10-9(14)12-11-8/h2-5,8H,1H3,(H,10,14). The van der Waals surface area contributed by atoms with Crippen LogP contribution in [0.4, 0.5) is 0 Å². The highest BCUT2D eigenvalue weighted by atomic mass is 32.1. The Morgan fingerprint density at radius 2 is 2.07 bits per heavy atom. The molecule has 0 bridgehead atoms. The van der Waals surface area contributed by atoms with Crippen molar-refractivity contribution in [2.45, 2.75) is 6.17 Å². The number of ether oxygens (including phenoxy) is 1. The van der Waals surface area contributed by atoms with Crippen molar-refractivity contribution in [1.82, 2.24) is 5.32 Å². The Morgan fingerprint density at radius 3 is 2.57 bits per heavy atom. The lowest BCUT2D eigenvalue weighted by atomic mass is 10.2. The number of nitrogens with zero attached hydrogens (tertiary/aromatic N) is 2. The molecule has 1 unspecified atom stereocenters. The third-order valence-corrected chi connectivity index (χ3v) is 2.16. The van der Waals surface area contributed by atoms with Gasteiger partial charge in [0.05, 0.1) is 7.11 Å². The largest absolute Gasteiger partial charge is 0.497 e. The molecule has 14 heavy (non-hydrogen) atoms. The van der Waals surface area contributed by atoms with Crippen LogP contribution in [-0.4, -0.2) is 12.2 Å². The van der Waals surface area contributed by atoms with Crippen LogP contribution in [0, 0.1) is 0 Å². The fourth-order valence-electron chi connectivity index (χ4n) is 1.22. The van der Waals surface area contributed by atoms with Crippen LogP contribution < -0.4 is 10.1 Å². The predicted octanol–water partition coefficient (Wildman–Crippen LogP) is 2.03. The van der Waals surface area contributed by atoms with E-state index in [-0.39, 0.29) is 6.17 Å². The van der Waals surface area contributed by atoms with Crippen LogP contribution in [0.2, 0.25) is 0 Å². The maximum Gasteiger partial charge on any atom is 0.215 e. The molecule has 1 heterocycles. The highest BCUT2D eigenvalue weighted by Crippen LogP contribution is 2.21. The molecule has 5 heteroatoms. The second-order valence-electron chi connectivity index (χ2n) is 2.84. The third kappa shape index (κ3) is 1.72. The van der Waals surface area contributed by atoms with Crippen LogP contribution >= 0.6 is 12.2 Å². The first-order valence-electron chi connectivity index (χ1n) is 4.15. The van der Waals surface area contributed by atoms with Crippen molar-refractivity contribution >= 4 is 17.3 Å². The van der Waals surface area contributed by atoms with Gasteiger partial charge < -0.3 is 10.1 Å². The molecule has 4 nitrogen and oxygen atoms in total. The molecule has 0 saturated carbocycles. The summed E-state index contributed by atoms with van der Waals surface area (Å²) < 4.78 is 5.05. The van der Waals surface area contributed by atoms with Gasteiger partial charge in [0.1, 0.15) is 5.75 Å². The van der Waals surface area contributed by atoms with Crippen molar-refractivity contribution in [3.8, 4) is 5.75 Å². The summed E-state index contributed by atoms with van der Waals surface area (Å²) in [5.74, 6) is 0.825. The van der Waals surface area contributed by atoms with Crippen LogP contribution in [-0.2, 0) is 0 Å². The Bertz CT molecular complexity index is 374. The van der Waals surface area contributed by atoms with E-state index in [1.807, 2.05) is 24.3 Å². The minimum absolute atomic E-state index is 0.145. The molecule has 0 amide bonds. The van der Waals surface area contributed by atoms with E-state index in [9.17, 15) is 0 Å². The van der Waals surface area contributed by atoms with E-state index in [2.05, 4.69) is 15.5 Å². The van der Waals surface area contributed by atoms with Gasteiger partial charge in [-0.2, -0.15) is 5.11 Å². The average molecular weight is 207 g/mol. The molecule has 1 aromatic rings. The topological polar surface area (TPSA) is 46.0 Å². The Morgan fingerprint density at radius 1 is 1.36 bits per heavy atom. The van der Waals surface area contributed by atoms with Gasteiger partial charge in [0.2, 0.25) is 5.11 Å². The Balaban J connectivity index is 2.17. The minimum atomic E-state index is -0.145. The minimum Gasteiger partial charge on any atom is -0.497 e. The highest BCUT2D eigenvalue weighted by molar-refractivity contribution is 7.80. The third-order valence-electron chi connectivity index (χ3n) is 1.96. The lowest BCUT2D eigenvalue weighted by molar-refractivity contribution is 0.414. The van der Waals surface area contributed by atoms with Crippen molar-refractivity contribution in [3.05, 3.63) is 29.8 Å². The fraction of sp³-hybridized carbons (Fsp3) is 0.222. The molecule has 2 rings (SSSR count). The van der Waals surface area contributed by atoms with Crippen molar-refractivity contribution in [2.75, 3.05) is 7.11 Å². The summed E-state index contributed by atoms with van der Waals surface area (Å²) in [6.45, 7) is 0. The van der Waals surface area contributed by atoms with Gasteiger partial charge in [-0.3, -0.25) is 0 Å². The second-order valence-corrected chi connectivity index (χ2v) is 3.23. The number of rotatable bonds is 2. The molecular formula is C9H9N3OS. The first-order chi connectivity index (χ1) is 6.79. The van der Waals surface area contributed by atoms with Crippen LogP contribution in [0.1, 0.15) is 11.7 Å². The van der Waals surface area contributed by atoms with E-state index >= 15 is 0 Å². The lowest BCUT2D eigenvalue weighted by Gasteiger charge is -2.07. The summed E-state index contributed by atoms with van der Waals surface area (Å²) in [5, 5.41) is 11.1. The molecule has 1 aliphatic heterocycles. The molecule has 0 saturated heterocycles. The van der Waals surface area contributed by atoms with Gasteiger partial charge in [0, 0.05) is 0 Å². The summed E-state index contributed by atoms with van der Waals surface area (Å²) >= 11 is 4.85. The molecule has 0 radical (unpaired) electrons. The molecule has 1 aliphatic rings. The monoisotopic (exact) mass is 207 g/mol. The van der Waals surface area contributed by atoms with Crippen molar-refractivity contribution in [1.29, 1.82) is 0 Å². The number of benzene rings is 1. The smallest absolute Gasteiger partial charge is 0.215 e. The summed E-state index contributed by atoms with van der Waals surface area (Å²) in [6.07, 6.45) is -0.145. The lowest BCUT2D eigenvalue weighted by Crippen LogP contribution is -2.17. The van der Waals surface area contributed by atoms with Gasteiger partial charge in [0.15, 0.2) is 6.17 Å². The summed E-state index contributed by atoms with van der Waals surface area (Å²) in [7, 11) is 1.64. The Hall–Kier alpha value is -1.49. The van der Waals surface area contributed by atoms with Crippen LogP contribution in [0.5, 0.6) is 5.75 Å². The Kier molecular flexibility index (Phi) is 2.41. The second kappa shape index (κ2) is 3.71. The van der Waals surface area contributed by atoms with Gasteiger partial charge in [-0.15, -0.1) is 5.11 Å². The van der Waals surface area contributed by atoms with Crippen LogP contribution in [0.3, 0.4) is 0 Å². The van der Waals surface area contributed by atoms with Crippen LogP contribution in [0.25, 0.3) is 0 Å². The molecule has 0 spiro atoms. The van der Waals surface area contributed by atoms with Gasteiger partial charge in [0.25, 0.3) is 0 Å². The SMILES string of the molecule is COc1ccc(C2N=NC(=S)N2)cc1. The molecule has 0 aromatic heterocycles. The van der Waals surface area contributed by atoms with Crippen molar-refractivity contribution in [3.63, 3.8) is 0 Å². The number of hydrogen-bond acceptors (Lipinski definition) is 3. The quantitative estimate of drug-likeness (QED) is 0.755. The average Bonchev–Trinajstić information content (AvgIpc) is 2.65. The van der Waals surface area contributed by atoms with Crippen molar-refractivity contribution < 1.29 is 4.74 Å². The maximum absolute atomic E-state index is 5.05. The zero-order valence-electron chi connectivity index (χ0n) is 7.60. The number of nitrogens with one attached hydrogen (secondary N) is 1. The molecular weight excluding hydrogens is 198 g/mol. The van der Waals surface area contributed by atoms with Crippen molar-refractivity contribution in [2.24, 2.45) is 10.2 Å². The van der Waals surface area contributed by atoms with E-state index in [1.54, 1.807) is 7.11 Å².